The van der Waals surface area contributed by atoms with Gasteiger partial charge in [0.25, 0.3) is 0 Å². The van der Waals surface area contributed by atoms with Crippen LogP contribution in [-0.4, -0.2) is 47.9 Å². The normalized spacial score (nSPS) is 21.7. The molecule has 0 spiro atoms. The number of thiocarbonyl (C=S) groups is 1. The highest BCUT2D eigenvalue weighted by Crippen LogP contribution is 2.32. The predicted octanol–water partition coefficient (Wildman–Crippen LogP) is 3.03. The van der Waals surface area contributed by atoms with Crippen molar-refractivity contribution in [3.8, 4) is 0 Å². The third kappa shape index (κ3) is 4.60. The van der Waals surface area contributed by atoms with Gasteiger partial charge in [-0.25, -0.2) is 8.78 Å². The van der Waals surface area contributed by atoms with E-state index in [-0.39, 0.29) is 16.7 Å². The molecule has 0 radical (unpaired) electrons. The Kier molecular flexibility index (Phi) is 6.24. The molecule has 0 aliphatic carbocycles. The number of piperazine rings is 1. The number of hydrogen-bond acceptors (Lipinski definition) is 4. The SMILES string of the molecule is NC(=S)N/N=C/c1cc(F)c(N2C[C@@H]3CCCN3C[C@@H]2Cc2ccccc2)cc1F. The summed E-state index contributed by atoms with van der Waals surface area (Å²) in [5.41, 5.74) is 9.19. The van der Waals surface area contributed by atoms with Crippen LogP contribution in [0, 0.1) is 11.6 Å². The van der Waals surface area contributed by atoms with Gasteiger partial charge in [0.05, 0.1) is 11.9 Å². The Balaban J connectivity index is 1.62. The van der Waals surface area contributed by atoms with Gasteiger partial charge >= 0.3 is 0 Å². The zero-order valence-electron chi connectivity index (χ0n) is 16.6. The lowest BCUT2D eigenvalue weighted by Crippen LogP contribution is -2.57. The smallest absolute Gasteiger partial charge is 0.184 e. The van der Waals surface area contributed by atoms with E-state index >= 15 is 4.39 Å². The number of benzene rings is 2. The van der Waals surface area contributed by atoms with Crippen LogP contribution in [0.2, 0.25) is 0 Å². The lowest BCUT2D eigenvalue weighted by Gasteiger charge is -2.45. The van der Waals surface area contributed by atoms with E-state index in [2.05, 4.69) is 39.8 Å². The van der Waals surface area contributed by atoms with Gasteiger partial charge in [-0.2, -0.15) is 5.10 Å². The highest BCUT2D eigenvalue weighted by molar-refractivity contribution is 7.80. The number of nitrogens with two attached hydrogens (primary N) is 1. The highest BCUT2D eigenvalue weighted by Gasteiger charge is 2.37. The first-order valence-electron chi connectivity index (χ1n) is 10.1. The predicted molar refractivity (Wildman–Crippen MR) is 120 cm³/mol. The van der Waals surface area contributed by atoms with Crippen molar-refractivity contribution in [3.05, 3.63) is 65.2 Å². The fraction of sp³-hybridized carbons (Fsp3) is 0.364. The molecule has 2 saturated heterocycles. The summed E-state index contributed by atoms with van der Waals surface area (Å²) in [5.74, 6) is -0.995. The van der Waals surface area contributed by atoms with Crippen molar-refractivity contribution in [1.82, 2.24) is 10.3 Å². The van der Waals surface area contributed by atoms with Crippen LogP contribution in [0.1, 0.15) is 24.0 Å². The summed E-state index contributed by atoms with van der Waals surface area (Å²) < 4.78 is 29.8. The second-order valence-electron chi connectivity index (χ2n) is 7.85. The van der Waals surface area contributed by atoms with Gasteiger partial charge in [-0.15, -0.1) is 0 Å². The maximum absolute atomic E-state index is 15.1. The van der Waals surface area contributed by atoms with Crippen LogP contribution in [0.25, 0.3) is 0 Å². The Hall–Kier alpha value is -2.58. The van der Waals surface area contributed by atoms with Crippen molar-refractivity contribution in [2.75, 3.05) is 24.5 Å². The van der Waals surface area contributed by atoms with E-state index in [9.17, 15) is 4.39 Å². The molecule has 3 N–H and O–H groups in total. The maximum atomic E-state index is 15.1. The van der Waals surface area contributed by atoms with E-state index in [0.717, 1.165) is 32.4 Å². The third-order valence-corrected chi connectivity index (χ3v) is 5.95. The number of halogens is 2. The van der Waals surface area contributed by atoms with Crippen LogP contribution in [0.5, 0.6) is 0 Å². The Morgan fingerprint density at radius 2 is 2.00 bits per heavy atom. The van der Waals surface area contributed by atoms with Gasteiger partial charge in [0.15, 0.2) is 5.11 Å². The van der Waals surface area contributed by atoms with E-state index < -0.39 is 11.6 Å². The zero-order chi connectivity index (χ0) is 21.1. The number of nitrogens with zero attached hydrogens (tertiary/aromatic N) is 3. The number of hydrogen-bond donors (Lipinski definition) is 2. The van der Waals surface area contributed by atoms with Gasteiger partial charge in [0.1, 0.15) is 11.6 Å². The number of anilines is 1. The Morgan fingerprint density at radius 1 is 1.20 bits per heavy atom. The maximum Gasteiger partial charge on any atom is 0.184 e. The highest BCUT2D eigenvalue weighted by atomic mass is 32.1. The molecule has 2 aliphatic heterocycles. The molecular weight excluding hydrogens is 404 g/mol. The molecule has 2 fully saturated rings. The summed E-state index contributed by atoms with van der Waals surface area (Å²) in [6.45, 7) is 2.62. The standard InChI is InChI=1S/C22H25F2N5S/c23-19-11-21(20(24)10-16(19)12-26-27-22(25)30)29-14-17-7-4-8-28(17)13-18(29)9-15-5-2-1-3-6-15/h1-3,5-6,10-12,17-18H,4,7-9,13-14H2,(H3,25,27,30)/b26-12+/t17-,18-/m0/s1. The van der Waals surface area contributed by atoms with Gasteiger partial charge in [-0.3, -0.25) is 10.3 Å². The summed E-state index contributed by atoms with van der Waals surface area (Å²) >= 11 is 4.65. The van der Waals surface area contributed by atoms with E-state index in [0.29, 0.717) is 18.3 Å². The van der Waals surface area contributed by atoms with Crippen LogP contribution < -0.4 is 16.1 Å². The summed E-state index contributed by atoms with van der Waals surface area (Å²) in [5, 5.41) is 3.69. The number of rotatable bonds is 5. The van der Waals surface area contributed by atoms with Crippen LogP contribution in [0.3, 0.4) is 0 Å². The Morgan fingerprint density at radius 3 is 2.77 bits per heavy atom. The molecule has 158 valence electrons. The molecule has 5 nitrogen and oxygen atoms in total. The Labute approximate surface area is 180 Å². The van der Waals surface area contributed by atoms with E-state index in [1.54, 1.807) is 0 Å². The second-order valence-corrected chi connectivity index (χ2v) is 8.29. The van der Waals surface area contributed by atoms with Gasteiger partial charge in [-0.1, -0.05) is 30.3 Å². The molecule has 0 saturated carbocycles. The molecule has 30 heavy (non-hydrogen) atoms. The third-order valence-electron chi connectivity index (χ3n) is 5.86. The minimum absolute atomic E-state index is 0.0399. The molecule has 2 aromatic carbocycles. The molecule has 8 heteroatoms. The van der Waals surface area contributed by atoms with Crippen molar-refractivity contribution in [1.29, 1.82) is 0 Å². The van der Waals surface area contributed by atoms with E-state index in [1.165, 1.54) is 23.9 Å². The van der Waals surface area contributed by atoms with Gasteiger partial charge in [0, 0.05) is 36.8 Å². The molecule has 2 heterocycles. The number of hydrazone groups is 1. The Bertz CT molecular complexity index is 937. The average Bonchev–Trinajstić information content (AvgIpc) is 3.18. The summed E-state index contributed by atoms with van der Waals surface area (Å²) in [6.07, 6.45) is 4.21. The first-order valence-corrected chi connectivity index (χ1v) is 10.5. The molecule has 2 atom stereocenters. The molecular formula is C22H25F2N5S. The van der Waals surface area contributed by atoms with Crippen LogP contribution >= 0.6 is 12.2 Å². The van der Waals surface area contributed by atoms with Crippen molar-refractivity contribution in [3.63, 3.8) is 0 Å². The van der Waals surface area contributed by atoms with E-state index in [4.69, 9.17) is 5.73 Å². The molecule has 2 aromatic rings. The minimum atomic E-state index is -0.535. The first kappa shape index (κ1) is 20.7. The zero-order valence-corrected chi connectivity index (χ0v) is 17.4. The van der Waals surface area contributed by atoms with E-state index in [1.807, 2.05) is 23.1 Å². The average molecular weight is 430 g/mol. The van der Waals surface area contributed by atoms with Crippen molar-refractivity contribution >= 4 is 29.2 Å². The monoisotopic (exact) mass is 429 g/mol. The van der Waals surface area contributed by atoms with Crippen LogP contribution in [0.15, 0.2) is 47.6 Å². The summed E-state index contributed by atoms with van der Waals surface area (Å²) in [7, 11) is 0. The fourth-order valence-electron chi connectivity index (χ4n) is 4.48. The quantitative estimate of drug-likeness (QED) is 0.435. The van der Waals surface area contributed by atoms with Crippen molar-refractivity contribution in [2.45, 2.75) is 31.3 Å². The van der Waals surface area contributed by atoms with Gasteiger partial charge in [0.2, 0.25) is 0 Å². The molecule has 0 aromatic heterocycles. The molecule has 2 aliphatic rings. The lowest BCUT2D eigenvalue weighted by molar-refractivity contribution is 0.195. The van der Waals surface area contributed by atoms with Crippen LogP contribution in [-0.2, 0) is 6.42 Å². The minimum Gasteiger partial charge on any atom is -0.375 e. The number of fused-ring (bicyclic) bond motifs is 1. The van der Waals surface area contributed by atoms with Crippen LogP contribution in [0.4, 0.5) is 14.5 Å². The lowest BCUT2D eigenvalue weighted by atomic mass is 9.98. The fourth-order valence-corrected chi connectivity index (χ4v) is 4.53. The molecule has 0 unspecified atom stereocenters. The topological polar surface area (TPSA) is 56.9 Å². The number of nitrogens with one attached hydrogen (secondary N) is 1. The van der Waals surface area contributed by atoms with Crippen molar-refractivity contribution < 1.29 is 8.78 Å². The summed E-state index contributed by atoms with van der Waals surface area (Å²) in [4.78, 5) is 4.53. The van der Waals surface area contributed by atoms with Gasteiger partial charge < -0.3 is 10.6 Å². The van der Waals surface area contributed by atoms with Gasteiger partial charge in [-0.05, 0) is 49.7 Å². The first-order chi connectivity index (χ1) is 14.5. The second kappa shape index (κ2) is 9.06. The molecule has 0 amide bonds. The molecule has 0 bridgehead atoms. The summed E-state index contributed by atoms with van der Waals surface area (Å²) in [6, 6.07) is 13.1. The largest absolute Gasteiger partial charge is 0.375 e. The van der Waals surface area contributed by atoms with Crippen molar-refractivity contribution in [2.24, 2.45) is 10.8 Å². The molecule has 4 rings (SSSR count).